The molecule has 0 unspecified atom stereocenters. The van der Waals surface area contributed by atoms with Crippen molar-refractivity contribution in [3.8, 4) is 11.5 Å². The molecule has 0 aromatic heterocycles. The quantitative estimate of drug-likeness (QED) is 0.346. The molecule has 3 aromatic rings. The van der Waals surface area contributed by atoms with Gasteiger partial charge in [-0.3, -0.25) is 9.69 Å². The van der Waals surface area contributed by atoms with Crippen LogP contribution in [-0.4, -0.2) is 74.0 Å². The van der Waals surface area contributed by atoms with Gasteiger partial charge in [0, 0.05) is 49.8 Å². The van der Waals surface area contributed by atoms with Gasteiger partial charge in [0.05, 0.1) is 14.2 Å². The second kappa shape index (κ2) is 15.2. The van der Waals surface area contributed by atoms with Gasteiger partial charge in [-0.15, -0.1) is 0 Å². The SMILES string of the molecule is COc1ccc(OC)c(CN2CCN(C(=O)[C@H](CSCc3ccccc3)NC(=O)OCc3ccccc3)CC2)c1. The molecule has 0 saturated carbocycles. The van der Waals surface area contributed by atoms with Crippen LogP contribution in [0.4, 0.5) is 4.79 Å². The average Bonchev–Trinajstić information content (AvgIpc) is 3.00. The Balaban J connectivity index is 1.34. The van der Waals surface area contributed by atoms with Gasteiger partial charge in [-0.05, 0) is 29.3 Å². The molecule has 0 spiro atoms. The van der Waals surface area contributed by atoms with Gasteiger partial charge in [-0.2, -0.15) is 11.8 Å². The fraction of sp³-hybridized carbons (Fsp3) is 0.355. The van der Waals surface area contributed by atoms with Crippen molar-refractivity contribution >= 4 is 23.8 Å². The molecule has 2 amide bonds. The van der Waals surface area contributed by atoms with E-state index in [0.717, 1.165) is 28.4 Å². The molecule has 1 fully saturated rings. The largest absolute Gasteiger partial charge is 0.497 e. The third kappa shape index (κ3) is 8.66. The Labute approximate surface area is 240 Å². The van der Waals surface area contributed by atoms with Crippen molar-refractivity contribution in [1.82, 2.24) is 15.1 Å². The van der Waals surface area contributed by atoms with Crippen LogP contribution in [0.5, 0.6) is 11.5 Å². The Morgan fingerprint density at radius 1 is 0.875 bits per heavy atom. The van der Waals surface area contributed by atoms with Crippen LogP contribution in [0.3, 0.4) is 0 Å². The lowest BCUT2D eigenvalue weighted by Crippen LogP contribution is -2.55. The predicted octanol–water partition coefficient (Wildman–Crippen LogP) is 4.58. The summed E-state index contributed by atoms with van der Waals surface area (Å²) in [5.74, 6) is 2.71. The van der Waals surface area contributed by atoms with Gasteiger partial charge >= 0.3 is 6.09 Å². The molecular weight excluding hydrogens is 526 g/mol. The first-order valence-electron chi connectivity index (χ1n) is 13.4. The van der Waals surface area contributed by atoms with E-state index in [1.165, 1.54) is 5.56 Å². The number of nitrogens with one attached hydrogen (secondary N) is 1. The van der Waals surface area contributed by atoms with E-state index in [1.807, 2.05) is 71.6 Å². The number of hydrogen-bond acceptors (Lipinski definition) is 7. The molecule has 3 aromatic carbocycles. The van der Waals surface area contributed by atoms with Gasteiger partial charge in [0.1, 0.15) is 24.1 Å². The molecule has 1 aliphatic heterocycles. The molecule has 1 aliphatic rings. The zero-order valence-electron chi connectivity index (χ0n) is 23.1. The first-order valence-corrected chi connectivity index (χ1v) is 14.5. The topological polar surface area (TPSA) is 80.3 Å². The van der Waals surface area contributed by atoms with E-state index in [1.54, 1.807) is 26.0 Å². The number of carbonyl (C=O) groups excluding carboxylic acids is 2. The van der Waals surface area contributed by atoms with Crippen LogP contribution >= 0.6 is 11.8 Å². The fourth-order valence-corrected chi connectivity index (χ4v) is 5.55. The van der Waals surface area contributed by atoms with Crippen molar-refractivity contribution in [3.05, 3.63) is 95.6 Å². The Hall–Kier alpha value is -3.69. The minimum absolute atomic E-state index is 0.0872. The van der Waals surface area contributed by atoms with Gasteiger partial charge in [-0.25, -0.2) is 4.79 Å². The van der Waals surface area contributed by atoms with Crippen molar-refractivity contribution in [1.29, 1.82) is 0 Å². The van der Waals surface area contributed by atoms with Gasteiger partial charge in [-0.1, -0.05) is 60.7 Å². The molecule has 8 nitrogen and oxygen atoms in total. The molecule has 0 radical (unpaired) electrons. The van der Waals surface area contributed by atoms with Crippen molar-refractivity contribution in [2.45, 2.75) is 24.9 Å². The molecule has 4 rings (SSSR count). The monoisotopic (exact) mass is 563 g/mol. The number of alkyl carbamates (subject to hydrolysis) is 1. The number of hydrogen-bond donors (Lipinski definition) is 1. The first kappa shape index (κ1) is 29.3. The number of thioether (sulfide) groups is 1. The van der Waals surface area contributed by atoms with Crippen LogP contribution in [-0.2, 0) is 28.4 Å². The van der Waals surface area contributed by atoms with Crippen LogP contribution in [0.1, 0.15) is 16.7 Å². The third-order valence-electron chi connectivity index (χ3n) is 6.76. The second-order valence-corrected chi connectivity index (χ2v) is 10.6. The summed E-state index contributed by atoms with van der Waals surface area (Å²) in [6.45, 7) is 3.43. The lowest BCUT2D eigenvalue weighted by Gasteiger charge is -2.36. The fourth-order valence-electron chi connectivity index (χ4n) is 4.54. The van der Waals surface area contributed by atoms with Crippen LogP contribution in [0.25, 0.3) is 0 Å². The summed E-state index contributed by atoms with van der Waals surface area (Å²) in [4.78, 5) is 30.4. The molecule has 212 valence electrons. The summed E-state index contributed by atoms with van der Waals surface area (Å²) in [5, 5.41) is 2.83. The summed E-state index contributed by atoms with van der Waals surface area (Å²) >= 11 is 1.62. The van der Waals surface area contributed by atoms with E-state index in [9.17, 15) is 9.59 Å². The van der Waals surface area contributed by atoms with Crippen molar-refractivity contribution in [3.63, 3.8) is 0 Å². The highest BCUT2D eigenvalue weighted by molar-refractivity contribution is 7.98. The standard InChI is InChI=1S/C31H37N3O5S/c1-37-27-13-14-29(38-2)26(19-27)20-33-15-17-34(18-16-33)30(35)28(23-40-22-25-11-7-4-8-12-25)32-31(36)39-21-24-9-5-3-6-10-24/h3-14,19,28H,15-18,20-23H2,1-2H3,(H,32,36)/t28-/m0/s1. The van der Waals surface area contributed by atoms with Crippen molar-refractivity contribution < 1.29 is 23.8 Å². The van der Waals surface area contributed by atoms with Gasteiger partial charge in [0.25, 0.3) is 0 Å². The molecule has 0 bridgehead atoms. The highest BCUT2D eigenvalue weighted by Gasteiger charge is 2.29. The summed E-state index contributed by atoms with van der Waals surface area (Å²) in [7, 11) is 3.31. The molecule has 1 N–H and O–H groups in total. The van der Waals surface area contributed by atoms with Crippen LogP contribution in [0.2, 0.25) is 0 Å². The molecule has 0 aliphatic carbocycles. The number of methoxy groups -OCH3 is 2. The summed E-state index contributed by atoms with van der Waals surface area (Å²) in [6.07, 6.45) is -0.591. The number of carbonyl (C=O) groups is 2. The van der Waals surface area contributed by atoms with Gasteiger partial charge in [0.2, 0.25) is 5.91 Å². The number of rotatable bonds is 12. The summed E-state index contributed by atoms with van der Waals surface area (Å²) < 4.78 is 16.3. The van der Waals surface area contributed by atoms with Crippen molar-refractivity contribution in [2.24, 2.45) is 0 Å². The van der Waals surface area contributed by atoms with E-state index in [0.29, 0.717) is 38.5 Å². The van der Waals surface area contributed by atoms with Gasteiger partial charge in [0.15, 0.2) is 0 Å². The van der Waals surface area contributed by atoms with Crippen LogP contribution in [0, 0.1) is 0 Å². The minimum atomic E-state index is -0.679. The maximum Gasteiger partial charge on any atom is 0.408 e. The number of amides is 2. The third-order valence-corrected chi connectivity index (χ3v) is 7.87. The Bertz CT molecular complexity index is 1220. The van der Waals surface area contributed by atoms with E-state index in [-0.39, 0.29) is 12.5 Å². The molecule has 9 heteroatoms. The smallest absolute Gasteiger partial charge is 0.408 e. The lowest BCUT2D eigenvalue weighted by atomic mass is 10.1. The van der Waals surface area contributed by atoms with Gasteiger partial charge < -0.3 is 24.4 Å². The van der Waals surface area contributed by atoms with E-state index in [4.69, 9.17) is 14.2 Å². The van der Waals surface area contributed by atoms with E-state index in [2.05, 4.69) is 22.3 Å². The van der Waals surface area contributed by atoms with Crippen LogP contribution in [0.15, 0.2) is 78.9 Å². The average molecular weight is 564 g/mol. The Morgan fingerprint density at radius 3 is 2.20 bits per heavy atom. The highest BCUT2D eigenvalue weighted by Crippen LogP contribution is 2.26. The number of piperazine rings is 1. The highest BCUT2D eigenvalue weighted by atomic mass is 32.2. The molecule has 1 saturated heterocycles. The van der Waals surface area contributed by atoms with E-state index >= 15 is 0 Å². The minimum Gasteiger partial charge on any atom is -0.497 e. The summed E-state index contributed by atoms with van der Waals surface area (Å²) in [5.41, 5.74) is 3.11. The zero-order valence-corrected chi connectivity index (χ0v) is 23.9. The molecule has 40 heavy (non-hydrogen) atoms. The maximum atomic E-state index is 13.6. The zero-order chi connectivity index (χ0) is 28.2. The lowest BCUT2D eigenvalue weighted by molar-refractivity contribution is -0.134. The summed E-state index contributed by atoms with van der Waals surface area (Å²) in [6, 6.07) is 24.7. The number of nitrogens with zero attached hydrogens (tertiary/aromatic N) is 2. The number of benzene rings is 3. The first-order chi connectivity index (χ1) is 19.6. The van der Waals surface area contributed by atoms with E-state index < -0.39 is 12.1 Å². The molecular formula is C31H37N3O5S. The Morgan fingerprint density at radius 2 is 1.55 bits per heavy atom. The Kier molecular flexibility index (Phi) is 11.1. The normalized spacial score (nSPS) is 14.3. The second-order valence-electron chi connectivity index (χ2n) is 9.54. The molecule has 1 heterocycles. The maximum absolute atomic E-state index is 13.6. The number of ether oxygens (including phenoxy) is 3. The van der Waals surface area contributed by atoms with Crippen LogP contribution < -0.4 is 14.8 Å². The predicted molar refractivity (Wildman–Crippen MR) is 158 cm³/mol. The molecule has 1 atom stereocenters. The van der Waals surface area contributed by atoms with Crippen molar-refractivity contribution in [2.75, 3.05) is 46.2 Å².